The molecular formula is C13H17ClN2O. The van der Waals surface area contributed by atoms with E-state index in [1.54, 1.807) is 18.2 Å². The van der Waals surface area contributed by atoms with E-state index in [4.69, 9.17) is 17.3 Å². The number of amides is 1. The van der Waals surface area contributed by atoms with Crippen molar-refractivity contribution in [1.82, 2.24) is 0 Å². The molecule has 0 heterocycles. The van der Waals surface area contributed by atoms with E-state index in [1.807, 2.05) is 6.92 Å². The maximum absolute atomic E-state index is 12.2. The zero-order valence-corrected chi connectivity index (χ0v) is 10.7. The summed E-state index contributed by atoms with van der Waals surface area (Å²) in [6.07, 6.45) is 4.09. The second kappa shape index (κ2) is 4.57. The Bertz CT molecular complexity index is 419. The number of hydrogen-bond donors (Lipinski definition) is 2. The summed E-state index contributed by atoms with van der Waals surface area (Å²) in [6.45, 7) is 2.00. The molecule has 1 amide bonds. The molecule has 0 bridgehead atoms. The number of nitrogen functional groups attached to an aromatic ring is 1. The Balaban J connectivity index is 2.18. The molecule has 3 nitrogen and oxygen atoms in total. The molecule has 0 atom stereocenters. The molecule has 1 saturated carbocycles. The standard InChI is InChI=1S/C13H17ClN2O/c1-13(7-2-3-8-13)12(17)16-11-9(14)5-4-6-10(11)15/h4-6H,2-3,7-8,15H2,1H3,(H,16,17). The molecule has 1 aliphatic carbocycles. The number of rotatable bonds is 2. The first-order chi connectivity index (χ1) is 8.03. The van der Waals surface area contributed by atoms with Crippen LogP contribution in [-0.4, -0.2) is 5.91 Å². The summed E-state index contributed by atoms with van der Waals surface area (Å²) < 4.78 is 0. The van der Waals surface area contributed by atoms with Crippen LogP contribution in [0.15, 0.2) is 18.2 Å². The lowest BCUT2D eigenvalue weighted by Crippen LogP contribution is -2.31. The van der Waals surface area contributed by atoms with E-state index in [2.05, 4.69) is 5.32 Å². The first-order valence-electron chi connectivity index (χ1n) is 5.88. The van der Waals surface area contributed by atoms with Gasteiger partial charge in [-0.05, 0) is 25.0 Å². The Morgan fingerprint density at radius 1 is 1.41 bits per heavy atom. The van der Waals surface area contributed by atoms with E-state index in [0.717, 1.165) is 25.7 Å². The van der Waals surface area contributed by atoms with Crippen molar-refractivity contribution in [3.8, 4) is 0 Å². The molecule has 1 aromatic rings. The van der Waals surface area contributed by atoms with Gasteiger partial charge in [-0.3, -0.25) is 4.79 Å². The molecule has 17 heavy (non-hydrogen) atoms. The maximum atomic E-state index is 12.2. The van der Waals surface area contributed by atoms with Gasteiger partial charge >= 0.3 is 0 Å². The number of nitrogens with one attached hydrogen (secondary N) is 1. The zero-order chi connectivity index (χ0) is 12.5. The molecular weight excluding hydrogens is 236 g/mol. The zero-order valence-electron chi connectivity index (χ0n) is 9.92. The molecule has 0 aliphatic heterocycles. The largest absolute Gasteiger partial charge is 0.397 e. The Labute approximate surface area is 106 Å². The van der Waals surface area contributed by atoms with Crippen LogP contribution in [0.3, 0.4) is 0 Å². The molecule has 3 N–H and O–H groups in total. The van der Waals surface area contributed by atoms with Gasteiger partial charge in [-0.1, -0.05) is 37.4 Å². The van der Waals surface area contributed by atoms with Crippen molar-refractivity contribution in [2.24, 2.45) is 5.41 Å². The highest BCUT2D eigenvalue weighted by Gasteiger charge is 2.36. The molecule has 0 unspecified atom stereocenters. The van der Waals surface area contributed by atoms with Crippen LogP contribution in [0.4, 0.5) is 11.4 Å². The SMILES string of the molecule is CC1(C(=O)Nc2c(N)cccc2Cl)CCCC1. The maximum Gasteiger partial charge on any atom is 0.230 e. The molecule has 4 heteroatoms. The second-order valence-corrected chi connectivity index (χ2v) is 5.33. The van der Waals surface area contributed by atoms with Gasteiger partial charge in [0, 0.05) is 5.41 Å². The van der Waals surface area contributed by atoms with Crippen molar-refractivity contribution in [2.45, 2.75) is 32.6 Å². The van der Waals surface area contributed by atoms with Crippen molar-refractivity contribution in [3.63, 3.8) is 0 Å². The highest BCUT2D eigenvalue weighted by Crippen LogP contribution is 2.39. The Kier molecular flexibility index (Phi) is 3.29. The van der Waals surface area contributed by atoms with E-state index in [9.17, 15) is 4.79 Å². The number of halogens is 1. The highest BCUT2D eigenvalue weighted by atomic mass is 35.5. The van der Waals surface area contributed by atoms with Crippen molar-refractivity contribution in [3.05, 3.63) is 23.2 Å². The van der Waals surface area contributed by atoms with Gasteiger partial charge in [0.15, 0.2) is 0 Å². The van der Waals surface area contributed by atoms with Crippen LogP contribution >= 0.6 is 11.6 Å². The minimum absolute atomic E-state index is 0.0230. The summed E-state index contributed by atoms with van der Waals surface area (Å²) in [5, 5.41) is 3.35. The summed E-state index contributed by atoms with van der Waals surface area (Å²) in [7, 11) is 0. The smallest absolute Gasteiger partial charge is 0.230 e. The minimum atomic E-state index is -0.272. The molecule has 1 aromatic carbocycles. The summed E-state index contributed by atoms with van der Waals surface area (Å²) in [6, 6.07) is 5.23. The average Bonchev–Trinajstić information content (AvgIpc) is 2.72. The van der Waals surface area contributed by atoms with Gasteiger partial charge in [-0.15, -0.1) is 0 Å². The number of carbonyl (C=O) groups excluding carboxylic acids is 1. The topological polar surface area (TPSA) is 55.1 Å². The van der Waals surface area contributed by atoms with Crippen molar-refractivity contribution in [2.75, 3.05) is 11.1 Å². The number of para-hydroxylation sites is 1. The highest BCUT2D eigenvalue weighted by molar-refractivity contribution is 6.34. The van der Waals surface area contributed by atoms with Gasteiger partial charge in [0.1, 0.15) is 0 Å². The second-order valence-electron chi connectivity index (χ2n) is 4.93. The molecule has 0 aromatic heterocycles. The van der Waals surface area contributed by atoms with Crippen molar-refractivity contribution in [1.29, 1.82) is 0 Å². The fourth-order valence-corrected chi connectivity index (χ4v) is 2.55. The van der Waals surface area contributed by atoms with Crippen LogP contribution in [0.25, 0.3) is 0 Å². The van der Waals surface area contributed by atoms with Crippen molar-refractivity contribution >= 4 is 28.9 Å². The lowest BCUT2D eigenvalue weighted by atomic mass is 9.88. The van der Waals surface area contributed by atoms with E-state index < -0.39 is 0 Å². The predicted molar refractivity (Wildman–Crippen MR) is 71.1 cm³/mol. The molecule has 1 fully saturated rings. The van der Waals surface area contributed by atoms with Gasteiger partial charge < -0.3 is 11.1 Å². The van der Waals surface area contributed by atoms with Crippen LogP contribution in [-0.2, 0) is 4.79 Å². The number of nitrogens with two attached hydrogens (primary N) is 1. The number of anilines is 2. The average molecular weight is 253 g/mol. The molecule has 0 spiro atoms. The van der Waals surface area contributed by atoms with Crippen LogP contribution in [0, 0.1) is 5.41 Å². The summed E-state index contributed by atoms with van der Waals surface area (Å²) in [5.41, 5.74) is 6.58. The normalized spacial score (nSPS) is 18.0. The Morgan fingerprint density at radius 2 is 2.06 bits per heavy atom. The van der Waals surface area contributed by atoms with Gasteiger partial charge in [0.2, 0.25) is 5.91 Å². The lowest BCUT2D eigenvalue weighted by Gasteiger charge is -2.23. The molecule has 0 saturated heterocycles. The van der Waals surface area contributed by atoms with E-state index >= 15 is 0 Å². The van der Waals surface area contributed by atoms with E-state index in [0.29, 0.717) is 16.4 Å². The number of hydrogen-bond acceptors (Lipinski definition) is 2. The van der Waals surface area contributed by atoms with Crippen LogP contribution in [0.1, 0.15) is 32.6 Å². The number of carbonyl (C=O) groups is 1. The van der Waals surface area contributed by atoms with Crippen LogP contribution < -0.4 is 11.1 Å². The third-order valence-electron chi connectivity index (χ3n) is 3.54. The van der Waals surface area contributed by atoms with Crippen LogP contribution in [0.2, 0.25) is 5.02 Å². The predicted octanol–water partition coefficient (Wildman–Crippen LogP) is 3.44. The fraction of sp³-hybridized carbons (Fsp3) is 0.462. The Morgan fingerprint density at radius 3 is 2.65 bits per heavy atom. The molecule has 2 rings (SSSR count). The fourth-order valence-electron chi connectivity index (χ4n) is 2.32. The Hall–Kier alpha value is -1.22. The molecule has 0 radical (unpaired) electrons. The van der Waals surface area contributed by atoms with E-state index in [-0.39, 0.29) is 11.3 Å². The third kappa shape index (κ3) is 2.39. The minimum Gasteiger partial charge on any atom is -0.397 e. The van der Waals surface area contributed by atoms with Crippen molar-refractivity contribution < 1.29 is 4.79 Å². The van der Waals surface area contributed by atoms with Gasteiger partial charge in [0.05, 0.1) is 16.4 Å². The van der Waals surface area contributed by atoms with Gasteiger partial charge in [-0.25, -0.2) is 0 Å². The molecule has 1 aliphatic rings. The first-order valence-corrected chi connectivity index (χ1v) is 6.26. The van der Waals surface area contributed by atoms with Gasteiger partial charge in [-0.2, -0.15) is 0 Å². The van der Waals surface area contributed by atoms with E-state index in [1.165, 1.54) is 0 Å². The quantitative estimate of drug-likeness (QED) is 0.793. The third-order valence-corrected chi connectivity index (χ3v) is 3.85. The monoisotopic (exact) mass is 252 g/mol. The summed E-state index contributed by atoms with van der Waals surface area (Å²) >= 11 is 6.03. The first kappa shape index (κ1) is 12.2. The number of benzene rings is 1. The van der Waals surface area contributed by atoms with Gasteiger partial charge in [0.25, 0.3) is 0 Å². The summed E-state index contributed by atoms with van der Waals surface area (Å²) in [4.78, 5) is 12.2. The van der Waals surface area contributed by atoms with Crippen LogP contribution in [0.5, 0.6) is 0 Å². The molecule has 92 valence electrons. The lowest BCUT2D eigenvalue weighted by molar-refractivity contribution is -0.124. The summed E-state index contributed by atoms with van der Waals surface area (Å²) in [5.74, 6) is 0.0230.